The van der Waals surface area contributed by atoms with Crippen molar-refractivity contribution in [2.24, 2.45) is 0 Å². The summed E-state index contributed by atoms with van der Waals surface area (Å²) in [6.07, 6.45) is -6.55. The molecule has 0 radical (unpaired) electrons. The van der Waals surface area contributed by atoms with Gasteiger partial charge in [-0.3, -0.25) is 9.53 Å². The van der Waals surface area contributed by atoms with Gasteiger partial charge < -0.3 is 9.47 Å². The van der Waals surface area contributed by atoms with Crippen molar-refractivity contribution in [3.05, 3.63) is 0 Å². The number of hydrogen-bond donors (Lipinski definition) is 0. The SMILES string of the molecule is CC(=O)OC(OCCC(C)(F)F)(OC(=O)I)C(F)(F)F. The molecule has 0 aromatic carbocycles. The topological polar surface area (TPSA) is 61.8 Å². The predicted molar refractivity (Wildman–Crippen MR) is 62.2 cm³/mol. The molecule has 0 fully saturated rings. The van der Waals surface area contributed by atoms with Crippen LogP contribution in [0.15, 0.2) is 0 Å². The zero-order chi connectivity index (χ0) is 16.2. The smallest absolute Gasteiger partial charge is 0.391 e. The van der Waals surface area contributed by atoms with E-state index >= 15 is 0 Å². The van der Waals surface area contributed by atoms with Crippen molar-refractivity contribution < 1.29 is 45.8 Å². The maximum Gasteiger partial charge on any atom is 0.500 e. The van der Waals surface area contributed by atoms with Crippen LogP contribution in [-0.2, 0) is 19.0 Å². The van der Waals surface area contributed by atoms with Gasteiger partial charge in [-0.25, -0.2) is 13.6 Å². The summed E-state index contributed by atoms with van der Waals surface area (Å²) in [4.78, 5) is 21.4. The maximum absolute atomic E-state index is 12.8. The van der Waals surface area contributed by atoms with Crippen molar-refractivity contribution in [1.82, 2.24) is 0 Å². The zero-order valence-electron chi connectivity index (χ0n) is 10.2. The first-order chi connectivity index (χ1) is 8.79. The molecule has 0 spiro atoms. The third-order valence-electron chi connectivity index (χ3n) is 1.67. The van der Waals surface area contributed by atoms with Crippen LogP contribution in [0.1, 0.15) is 20.3 Å². The van der Waals surface area contributed by atoms with Crippen molar-refractivity contribution in [3.63, 3.8) is 0 Å². The molecule has 11 heteroatoms. The molecule has 0 saturated heterocycles. The number of carbonyl (C=O) groups is 2. The van der Waals surface area contributed by atoms with Crippen molar-refractivity contribution in [2.75, 3.05) is 6.61 Å². The monoisotopic (exact) mass is 420 g/mol. The Kier molecular flexibility index (Phi) is 6.58. The van der Waals surface area contributed by atoms with Crippen LogP contribution in [-0.4, -0.2) is 34.6 Å². The van der Waals surface area contributed by atoms with E-state index in [0.717, 1.165) is 22.6 Å². The highest BCUT2D eigenvalue weighted by Gasteiger charge is 2.65. The summed E-state index contributed by atoms with van der Waals surface area (Å²) in [6.45, 7) is -0.0820. The molecule has 0 amide bonds. The highest BCUT2D eigenvalue weighted by Crippen LogP contribution is 2.37. The van der Waals surface area contributed by atoms with Gasteiger partial charge in [0.05, 0.1) is 29.2 Å². The Balaban J connectivity index is 5.18. The molecule has 0 bridgehead atoms. The Morgan fingerprint density at radius 2 is 1.60 bits per heavy atom. The van der Waals surface area contributed by atoms with Gasteiger partial charge in [0, 0.05) is 13.3 Å². The van der Waals surface area contributed by atoms with Crippen molar-refractivity contribution in [2.45, 2.75) is 38.3 Å². The summed E-state index contributed by atoms with van der Waals surface area (Å²) < 4.78 is 73.9. The van der Waals surface area contributed by atoms with Crippen LogP contribution in [0.2, 0.25) is 0 Å². The van der Waals surface area contributed by atoms with Crippen LogP contribution in [0.5, 0.6) is 0 Å². The van der Waals surface area contributed by atoms with Gasteiger partial charge in [-0.1, -0.05) is 0 Å². The minimum Gasteiger partial charge on any atom is -0.391 e. The fourth-order valence-corrected chi connectivity index (χ4v) is 1.23. The van der Waals surface area contributed by atoms with E-state index in [0.29, 0.717) is 13.8 Å². The van der Waals surface area contributed by atoms with E-state index in [2.05, 4.69) is 14.2 Å². The largest absolute Gasteiger partial charge is 0.500 e. The van der Waals surface area contributed by atoms with Crippen LogP contribution < -0.4 is 0 Å². The Bertz CT molecular complexity index is 349. The van der Waals surface area contributed by atoms with Crippen molar-refractivity contribution in [1.29, 1.82) is 0 Å². The molecule has 1 unspecified atom stereocenters. The first-order valence-electron chi connectivity index (χ1n) is 4.95. The number of halogens is 6. The van der Waals surface area contributed by atoms with Gasteiger partial charge in [-0.15, -0.1) is 0 Å². The Morgan fingerprint density at radius 3 is 1.90 bits per heavy atom. The normalized spacial score (nSPS) is 15.4. The molecule has 0 rings (SSSR count). The fourth-order valence-electron chi connectivity index (χ4n) is 0.937. The molecule has 0 N–H and O–H groups in total. The van der Waals surface area contributed by atoms with E-state index in [-0.39, 0.29) is 0 Å². The second-order valence-corrected chi connectivity index (χ2v) is 4.54. The van der Waals surface area contributed by atoms with Gasteiger partial charge >= 0.3 is 22.1 Å². The highest BCUT2D eigenvalue weighted by molar-refractivity contribution is 14.1. The van der Waals surface area contributed by atoms with E-state index < -0.39 is 41.0 Å². The Morgan fingerprint density at radius 1 is 1.10 bits per heavy atom. The van der Waals surface area contributed by atoms with E-state index in [9.17, 15) is 31.5 Å². The summed E-state index contributed by atoms with van der Waals surface area (Å²) in [5.41, 5.74) is 0. The second-order valence-electron chi connectivity index (χ2n) is 3.66. The zero-order valence-corrected chi connectivity index (χ0v) is 12.4. The van der Waals surface area contributed by atoms with Crippen LogP contribution in [0.3, 0.4) is 0 Å². The summed E-state index contributed by atoms with van der Waals surface area (Å²) in [6, 6.07) is 0. The van der Waals surface area contributed by atoms with E-state index in [1.54, 1.807) is 0 Å². The molecule has 0 aromatic rings. The van der Waals surface area contributed by atoms with E-state index in [1.807, 2.05) is 0 Å². The molecule has 0 aliphatic heterocycles. The minimum atomic E-state index is -5.46. The van der Waals surface area contributed by atoms with Crippen LogP contribution in [0, 0.1) is 0 Å². The first kappa shape index (κ1) is 19.3. The number of hydrogen-bond acceptors (Lipinski definition) is 5. The summed E-state index contributed by atoms with van der Waals surface area (Å²) in [7, 11) is 0. The molecule has 0 aliphatic rings. The summed E-state index contributed by atoms with van der Waals surface area (Å²) >= 11 is 0.842. The number of esters is 1. The summed E-state index contributed by atoms with van der Waals surface area (Å²) in [5, 5.41) is 0. The third kappa shape index (κ3) is 6.63. The Labute approximate surface area is 123 Å². The lowest BCUT2D eigenvalue weighted by Gasteiger charge is -2.32. The van der Waals surface area contributed by atoms with Gasteiger partial charge in [0.15, 0.2) is 0 Å². The summed E-state index contributed by atoms with van der Waals surface area (Å²) in [5.74, 6) is -8.81. The number of carbonyl (C=O) groups excluding carboxylic acids is 2. The standard InChI is InChI=1S/C9H10F5IO5/c1-5(16)19-9(8(12,13)14,20-6(15)17)18-4-3-7(2,10)11/h3-4H2,1-2H3. The molecule has 1 atom stereocenters. The highest BCUT2D eigenvalue weighted by atomic mass is 127. The molecule has 118 valence electrons. The molecule has 0 heterocycles. The van der Waals surface area contributed by atoms with Gasteiger partial charge in [0.25, 0.3) is 0 Å². The van der Waals surface area contributed by atoms with E-state index in [4.69, 9.17) is 0 Å². The van der Waals surface area contributed by atoms with Gasteiger partial charge in [-0.05, 0) is 6.92 Å². The lowest BCUT2D eigenvalue weighted by molar-refractivity contribution is -0.449. The quantitative estimate of drug-likeness (QED) is 0.217. The minimum absolute atomic E-state index is 0.460. The predicted octanol–water partition coefficient (Wildman–Crippen LogP) is 3.40. The average molecular weight is 420 g/mol. The molecule has 0 aromatic heterocycles. The third-order valence-corrected chi connectivity index (χ3v) is 1.89. The molecule has 5 nitrogen and oxygen atoms in total. The lowest BCUT2D eigenvalue weighted by Crippen LogP contribution is -2.54. The van der Waals surface area contributed by atoms with Gasteiger partial charge in [-0.2, -0.15) is 13.2 Å². The van der Waals surface area contributed by atoms with Gasteiger partial charge in [0.2, 0.25) is 5.92 Å². The van der Waals surface area contributed by atoms with E-state index in [1.165, 1.54) is 0 Å². The molecule has 0 saturated carbocycles. The first-order valence-corrected chi connectivity index (χ1v) is 6.03. The number of alkyl halides is 5. The fraction of sp³-hybridized carbons (Fsp3) is 0.778. The van der Waals surface area contributed by atoms with Gasteiger partial charge in [0.1, 0.15) is 0 Å². The molecular weight excluding hydrogens is 410 g/mol. The average Bonchev–Trinajstić information content (AvgIpc) is 2.10. The maximum atomic E-state index is 12.8. The van der Waals surface area contributed by atoms with Crippen molar-refractivity contribution >= 4 is 32.5 Å². The van der Waals surface area contributed by atoms with Crippen LogP contribution >= 0.6 is 22.6 Å². The molecule has 20 heavy (non-hydrogen) atoms. The lowest BCUT2D eigenvalue weighted by atomic mass is 10.3. The second kappa shape index (κ2) is 6.83. The number of ether oxygens (including phenoxy) is 3. The van der Waals surface area contributed by atoms with Crippen molar-refractivity contribution in [3.8, 4) is 0 Å². The van der Waals surface area contributed by atoms with Crippen LogP contribution in [0.25, 0.3) is 0 Å². The Hall–Kier alpha value is -0.720. The van der Waals surface area contributed by atoms with Crippen LogP contribution in [0.4, 0.5) is 26.7 Å². The molecular formula is C9H10F5IO5. The molecule has 0 aliphatic carbocycles. The number of rotatable bonds is 6.